The number of ether oxygens (including phenoxy) is 1. The van der Waals surface area contributed by atoms with Crippen LogP contribution in [0, 0.1) is 5.41 Å². The van der Waals surface area contributed by atoms with Crippen molar-refractivity contribution in [3.63, 3.8) is 0 Å². The van der Waals surface area contributed by atoms with E-state index in [0.29, 0.717) is 15.8 Å². The quantitative estimate of drug-likeness (QED) is 0.323. The van der Waals surface area contributed by atoms with Gasteiger partial charge in [-0.15, -0.1) is 12.4 Å². The molecule has 0 saturated carbocycles. The molecule has 0 radical (unpaired) electrons. The van der Waals surface area contributed by atoms with Crippen LogP contribution in [0.25, 0.3) is 10.8 Å². The highest BCUT2D eigenvalue weighted by Gasteiger charge is 2.31. The van der Waals surface area contributed by atoms with Crippen LogP contribution in [0.2, 0.25) is 5.02 Å². The molecule has 12 heteroatoms. The number of pyridine rings is 1. The number of hydrogen-bond donors (Lipinski definition) is 3. The number of sulfonamides is 1. The Morgan fingerprint density at radius 3 is 2.55 bits per heavy atom. The van der Waals surface area contributed by atoms with Crippen molar-refractivity contribution >= 4 is 62.6 Å². The first-order chi connectivity index (χ1) is 13.0. The number of nitrogens with one attached hydrogen (secondary N) is 1. The van der Waals surface area contributed by atoms with Crippen molar-refractivity contribution in [2.75, 3.05) is 13.2 Å². The van der Waals surface area contributed by atoms with Gasteiger partial charge < -0.3 is 16.2 Å². The molecule has 1 heterocycles. The zero-order valence-electron chi connectivity index (χ0n) is 16.1. The number of esters is 1. The molecule has 0 aliphatic heterocycles. The minimum absolute atomic E-state index is 0. The molecule has 0 amide bonds. The van der Waals surface area contributed by atoms with Gasteiger partial charge in [0.2, 0.25) is 10.0 Å². The fraction of sp³-hybridized carbons (Fsp3) is 0.353. The molecule has 0 atom stereocenters. The number of carbonyl (C=O) groups is 1. The second-order valence-corrected chi connectivity index (χ2v) is 8.78. The van der Waals surface area contributed by atoms with Crippen molar-refractivity contribution in [3.05, 3.63) is 29.4 Å². The number of guanidine groups is 1. The Labute approximate surface area is 180 Å². The molecule has 2 rings (SSSR count). The van der Waals surface area contributed by atoms with Gasteiger partial charge in [0, 0.05) is 23.5 Å². The maximum absolute atomic E-state index is 12.7. The molecule has 160 valence electrons. The molecule has 1 aromatic carbocycles. The maximum Gasteiger partial charge on any atom is 0.312 e. The van der Waals surface area contributed by atoms with E-state index in [2.05, 4.69) is 14.7 Å². The fourth-order valence-corrected chi connectivity index (χ4v) is 3.76. The molecule has 0 aliphatic rings. The second-order valence-electron chi connectivity index (χ2n) is 6.60. The Morgan fingerprint density at radius 1 is 1.31 bits per heavy atom. The number of rotatable bonds is 7. The van der Waals surface area contributed by atoms with Crippen LogP contribution in [-0.4, -0.2) is 38.5 Å². The Kier molecular flexibility index (Phi) is 8.22. The predicted molar refractivity (Wildman–Crippen MR) is 115 cm³/mol. The van der Waals surface area contributed by atoms with Gasteiger partial charge in [0.25, 0.3) is 0 Å². The van der Waals surface area contributed by atoms with E-state index in [4.69, 9.17) is 27.8 Å². The van der Waals surface area contributed by atoms with Crippen molar-refractivity contribution < 1.29 is 17.9 Å². The first-order valence-electron chi connectivity index (χ1n) is 8.32. The summed E-state index contributed by atoms with van der Waals surface area (Å²) in [5.41, 5.74) is 9.78. The van der Waals surface area contributed by atoms with E-state index in [1.54, 1.807) is 20.8 Å². The van der Waals surface area contributed by atoms with Gasteiger partial charge in [0.05, 0.1) is 21.9 Å². The first kappa shape index (κ1) is 24.9. The topological polar surface area (TPSA) is 150 Å². The lowest BCUT2D eigenvalue weighted by atomic mass is 9.94. The Morgan fingerprint density at radius 2 is 1.97 bits per heavy atom. The third-order valence-electron chi connectivity index (χ3n) is 3.87. The molecular weight excluding hydrogens is 441 g/mol. The second kappa shape index (κ2) is 9.57. The summed E-state index contributed by atoms with van der Waals surface area (Å²) < 4.78 is 32.8. The van der Waals surface area contributed by atoms with Crippen LogP contribution in [0.15, 0.2) is 34.3 Å². The molecule has 0 bridgehead atoms. The molecule has 0 saturated heterocycles. The molecule has 5 N–H and O–H groups in total. The lowest BCUT2D eigenvalue weighted by Gasteiger charge is -2.22. The van der Waals surface area contributed by atoms with E-state index < -0.39 is 21.4 Å². The average Bonchev–Trinajstić information content (AvgIpc) is 2.62. The minimum Gasteiger partial charge on any atom is -0.466 e. The average molecular weight is 464 g/mol. The summed E-state index contributed by atoms with van der Waals surface area (Å²) in [7, 11) is -3.93. The summed E-state index contributed by atoms with van der Waals surface area (Å²) in [5.74, 6) is -0.579. The number of aliphatic imine (C=N–C) groups is 1. The molecule has 0 spiro atoms. The van der Waals surface area contributed by atoms with E-state index in [1.165, 1.54) is 24.4 Å². The van der Waals surface area contributed by atoms with Gasteiger partial charge in [-0.05, 0) is 32.9 Å². The summed E-state index contributed by atoms with van der Waals surface area (Å²) in [4.78, 5) is 19.9. The summed E-state index contributed by atoms with van der Waals surface area (Å²) in [5, 5.41) is 1.24. The van der Waals surface area contributed by atoms with E-state index in [9.17, 15) is 13.2 Å². The van der Waals surface area contributed by atoms with Gasteiger partial charge in [-0.2, -0.15) is 4.99 Å². The normalized spacial score (nSPS) is 11.6. The van der Waals surface area contributed by atoms with E-state index in [-0.39, 0.29) is 42.2 Å². The summed E-state index contributed by atoms with van der Waals surface area (Å²) in [6.07, 6.45) is 1.37. The van der Waals surface area contributed by atoms with Crippen molar-refractivity contribution in [3.8, 4) is 0 Å². The number of aromatic nitrogens is 1. The number of benzene rings is 1. The Bertz CT molecular complexity index is 1040. The van der Waals surface area contributed by atoms with Crippen LogP contribution < -0.4 is 16.2 Å². The number of carbonyl (C=O) groups excluding carboxylic acids is 1. The number of nitrogens with two attached hydrogens (primary N) is 2. The number of hydrogen-bond acceptors (Lipinski definition) is 6. The maximum atomic E-state index is 12.7. The molecule has 1 aromatic heterocycles. The first-order valence-corrected chi connectivity index (χ1v) is 10.2. The SMILES string of the molecule is CCOC(=O)C(C)(C)CNS(=O)(=O)c1ccc2c(Cl)cnc(N=C(N)N)c2c1.Cl. The fourth-order valence-electron chi connectivity index (χ4n) is 2.31. The van der Waals surface area contributed by atoms with Gasteiger partial charge in [0.1, 0.15) is 0 Å². The third kappa shape index (κ3) is 5.92. The molecule has 0 unspecified atom stereocenters. The highest BCUT2D eigenvalue weighted by molar-refractivity contribution is 7.89. The minimum atomic E-state index is -3.93. The van der Waals surface area contributed by atoms with Gasteiger partial charge in [0.15, 0.2) is 11.8 Å². The molecule has 9 nitrogen and oxygen atoms in total. The van der Waals surface area contributed by atoms with Crippen LogP contribution in [0.3, 0.4) is 0 Å². The zero-order valence-corrected chi connectivity index (χ0v) is 18.5. The zero-order chi connectivity index (χ0) is 21.1. The van der Waals surface area contributed by atoms with Crippen LogP contribution in [-0.2, 0) is 19.6 Å². The van der Waals surface area contributed by atoms with Crippen molar-refractivity contribution in [2.24, 2.45) is 21.9 Å². The standard InChI is InChI=1S/C17H22ClN5O4S.ClH/c1-4-27-15(24)17(2,3)9-22-28(25,26)10-5-6-11-12(7-10)14(23-16(19)20)21-8-13(11)18;/h5-8,22H,4,9H2,1-3H3,(H4,19,20,21,23);1H. The van der Waals surface area contributed by atoms with Crippen molar-refractivity contribution in [1.29, 1.82) is 0 Å². The number of fused-ring (bicyclic) bond motifs is 1. The van der Waals surface area contributed by atoms with Crippen molar-refractivity contribution in [1.82, 2.24) is 9.71 Å². The number of halogens is 2. The van der Waals surface area contributed by atoms with E-state index in [1.807, 2.05) is 0 Å². The molecule has 29 heavy (non-hydrogen) atoms. The van der Waals surface area contributed by atoms with Crippen LogP contribution in [0.1, 0.15) is 20.8 Å². The summed E-state index contributed by atoms with van der Waals surface area (Å²) in [6, 6.07) is 4.30. The largest absolute Gasteiger partial charge is 0.466 e. The third-order valence-corrected chi connectivity index (χ3v) is 5.57. The van der Waals surface area contributed by atoms with Crippen LogP contribution in [0.4, 0.5) is 5.82 Å². The lowest BCUT2D eigenvalue weighted by molar-refractivity contribution is -0.152. The molecule has 0 fully saturated rings. The summed E-state index contributed by atoms with van der Waals surface area (Å²) in [6.45, 7) is 4.94. The highest BCUT2D eigenvalue weighted by Crippen LogP contribution is 2.31. The van der Waals surface area contributed by atoms with Gasteiger partial charge in [-0.25, -0.2) is 18.1 Å². The predicted octanol–water partition coefficient (Wildman–Crippen LogP) is 2.08. The molecule has 0 aliphatic carbocycles. The molecular formula is C17H23Cl2N5O4S. The molecule has 2 aromatic rings. The Hall–Kier alpha value is -2.14. The van der Waals surface area contributed by atoms with Gasteiger partial charge in [-0.1, -0.05) is 17.7 Å². The van der Waals surface area contributed by atoms with Gasteiger partial charge in [-0.3, -0.25) is 4.79 Å². The van der Waals surface area contributed by atoms with Gasteiger partial charge >= 0.3 is 5.97 Å². The van der Waals surface area contributed by atoms with Crippen molar-refractivity contribution in [2.45, 2.75) is 25.7 Å². The monoisotopic (exact) mass is 463 g/mol. The van der Waals surface area contributed by atoms with Crippen LogP contribution in [0.5, 0.6) is 0 Å². The lowest BCUT2D eigenvalue weighted by Crippen LogP contribution is -2.39. The number of nitrogens with zero attached hydrogens (tertiary/aromatic N) is 2. The highest BCUT2D eigenvalue weighted by atomic mass is 35.5. The summed E-state index contributed by atoms with van der Waals surface area (Å²) >= 11 is 6.13. The smallest absolute Gasteiger partial charge is 0.312 e. The van der Waals surface area contributed by atoms with E-state index >= 15 is 0 Å². The van der Waals surface area contributed by atoms with Crippen LogP contribution >= 0.6 is 24.0 Å². The van der Waals surface area contributed by atoms with E-state index in [0.717, 1.165) is 0 Å². The Balaban J connectivity index is 0.00000420.